The number of aryl methyl sites for hydroxylation is 2. The minimum atomic E-state index is -4.53. The van der Waals surface area contributed by atoms with Crippen molar-refractivity contribution >= 4 is 6.01 Å². The molecule has 0 atom stereocenters. The van der Waals surface area contributed by atoms with Crippen LogP contribution in [0.5, 0.6) is 5.75 Å². The summed E-state index contributed by atoms with van der Waals surface area (Å²) in [6.07, 6.45) is -2.95. The highest BCUT2D eigenvalue weighted by Gasteiger charge is 2.32. The van der Waals surface area contributed by atoms with Crippen LogP contribution in [0.25, 0.3) is 11.3 Å². The molecule has 2 N–H and O–H groups in total. The van der Waals surface area contributed by atoms with E-state index in [1.807, 2.05) is 0 Å². The number of oxazole rings is 1. The van der Waals surface area contributed by atoms with Crippen LogP contribution in [0.2, 0.25) is 0 Å². The van der Waals surface area contributed by atoms with Crippen LogP contribution in [0.1, 0.15) is 22.6 Å². The fraction of sp³-hybridized carbons (Fsp3) is 0.235. The van der Waals surface area contributed by atoms with Crippen molar-refractivity contribution < 1.29 is 22.7 Å². The molecule has 2 aromatic heterocycles. The molecule has 6 nitrogen and oxygen atoms in total. The number of phenolic OH excluding ortho intramolecular Hbond substituents is 1. The monoisotopic (exact) mass is 364 g/mol. The van der Waals surface area contributed by atoms with Crippen molar-refractivity contribution in [3.8, 4) is 17.0 Å². The molecule has 2 heterocycles. The molecule has 0 unspecified atom stereocenters. The average Bonchev–Trinajstić information content (AvgIpc) is 2.98. The Morgan fingerprint density at radius 3 is 2.46 bits per heavy atom. The van der Waals surface area contributed by atoms with Crippen LogP contribution in [-0.4, -0.2) is 20.3 Å². The number of hydrogen-bond donors (Lipinski definition) is 2. The molecule has 0 amide bonds. The predicted molar refractivity (Wildman–Crippen MR) is 87.4 cm³/mol. The smallest absolute Gasteiger partial charge is 0.416 e. The van der Waals surface area contributed by atoms with Gasteiger partial charge in [0.05, 0.1) is 29.7 Å². The molecule has 9 heteroatoms. The van der Waals surface area contributed by atoms with E-state index >= 15 is 0 Å². The van der Waals surface area contributed by atoms with E-state index in [1.54, 1.807) is 25.3 Å². The Bertz CT molecular complexity index is 897. The van der Waals surface area contributed by atoms with Crippen LogP contribution in [0.3, 0.4) is 0 Å². The van der Waals surface area contributed by atoms with E-state index in [1.165, 1.54) is 6.92 Å². The highest BCUT2D eigenvalue weighted by molar-refractivity contribution is 5.71. The second-order valence-electron chi connectivity index (χ2n) is 5.72. The lowest BCUT2D eigenvalue weighted by Crippen LogP contribution is -2.06. The molecule has 3 aromatic rings. The lowest BCUT2D eigenvalue weighted by Gasteiger charge is -2.13. The van der Waals surface area contributed by atoms with E-state index in [-0.39, 0.29) is 16.8 Å². The quantitative estimate of drug-likeness (QED) is 0.726. The Kier molecular flexibility index (Phi) is 4.54. The van der Waals surface area contributed by atoms with Gasteiger partial charge in [-0.3, -0.25) is 0 Å². The van der Waals surface area contributed by atoms with Gasteiger partial charge in [-0.05, 0) is 43.7 Å². The van der Waals surface area contributed by atoms with Crippen LogP contribution in [0.4, 0.5) is 19.2 Å². The van der Waals surface area contributed by atoms with Crippen LogP contribution >= 0.6 is 0 Å². The highest BCUT2D eigenvalue weighted by Crippen LogP contribution is 2.38. The molecule has 0 fully saturated rings. The van der Waals surface area contributed by atoms with E-state index in [0.717, 1.165) is 6.07 Å². The third-order valence-corrected chi connectivity index (χ3v) is 3.66. The van der Waals surface area contributed by atoms with Crippen LogP contribution < -0.4 is 5.32 Å². The van der Waals surface area contributed by atoms with Gasteiger partial charge >= 0.3 is 6.18 Å². The van der Waals surface area contributed by atoms with Gasteiger partial charge in [0, 0.05) is 5.56 Å². The molecule has 0 aliphatic rings. The lowest BCUT2D eigenvalue weighted by atomic mass is 10.0. The molecule has 136 valence electrons. The maximum absolute atomic E-state index is 12.8. The van der Waals surface area contributed by atoms with Crippen molar-refractivity contribution in [3.63, 3.8) is 0 Å². The molecule has 0 aliphatic carbocycles. The maximum atomic E-state index is 12.8. The first-order valence-electron chi connectivity index (χ1n) is 7.64. The van der Waals surface area contributed by atoms with Gasteiger partial charge in [-0.2, -0.15) is 23.4 Å². The van der Waals surface area contributed by atoms with Crippen molar-refractivity contribution in [3.05, 3.63) is 53.0 Å². The summed E-state index contributed by atoms with van der Waals surface area (Å²) in [6.45, 7) is 3.56. The Hall–Kier alpha value is -3.10. The van der Waals surface area contributed by atoms with E-state index < -0.39 is 17.5 Å². The molecule has 0 saturated heterocycles. The summed E-state index contributed by atoms with van der Waals surface area (Å²) in [7, 11) is 0. The Balaban J connectivity index is 1.80. The van der Waals surface area contributed by atoms with Crippen LogP contribution in [-0.2, 0) is 12.7 Å². The summed E-state index contributed by atoms with van der Waals surface area (Å²) >= 11 is 0. The Morgan fingerprint density at radius 2 is 1.92 bits per heavy atom. The molecule has 1 aromatic carbocycles. The van der Waals surface area contributed by atoms with Gasteiger partial charge in [0.2, 0.25) is 0 Å². The van der Waals surface area contributed by atoms with E-state index in [4.69, 9.17) is 4.42 Å². The summed E-state index contributed by atoms with van der Waals surface area (Å²) in [5.41, 5.74) is 0.422. The van der Waals surface area contributed by atoms with Crippen LogP contribution in [0.15, 0.2) is 34.9 Å². The number of nitrogens with zero attached hydrogens (tertiary/aromatic N) is 3. The van der Waals surface area contributed by atoms with Gasteiger partial charge in [-0.25, -0.2) is 4.98 Å². The van der Waals surface area contributed by atoms with Gasteiger partial charge in [0.15, 0.2) is 0 Å². The van der Waals surface area contributed by atoms with Crippen molar-refractivity contribution in [2.75, 3.05) is 5.32 Å². The Labute approximate surface area is 146 Å². The number of benzene rings is 1. The second kappa shape index (κ2) is 6.66. The van der Waals surface area contributed by atoms with Crippen molar-refractivity contribution in [1.29, 1.82) is 0 Å². The topological polar surface area (TPSA) is 84.1 Å². The number of hydrogen-bond acceptors (Lipinski definition) is 6. The lowest BCUT2D eigenvalue weighted by molar-refractivity contribution is -0.137. The SMILES string of the molecule is Cc1cnc(NCc2ccc(-c3c(C)cc(C(F)(F)F)cc3O)nn2)o1. The molecular weight excluding hydrogens is 349 g/mol. The number of nitrogens with one attached hydrogen (secondary N) is 1. The molecule has 0 aliphatic heterocycles. The van der Waals surface area contributed by atoms with E-state index in [2.05, 4.69) is 20.5 Å². The zero-order valence-electron chi connectivity index (χ0n) is 13.9. The normalized spacial score (nSPS) is 11.6. The van der Waals surface area contributed by atoms with E-state index in [9.17, 15) is 18.3 Å². The number of alkyl halides is 3. The number of rotatable bonds is 4. The molecule has 26 heavy (non-hydrogen) atoms. The standard InChI is InChI=1S/C17H15F3N4O2/c1-9-5-11(17(18,19)20)6-14(25)15(9)13-4-3-12(23-24-13)8-22-16-21-7-10(2)26-16/h3-7,25H,8H2,1-2H3,(H,21,22). The molecule has 3 rings (SSSR count). The fourth-order valence-corrected chi connectivity index (χ4v) is 2.46. The van der Waals surface area contributed by atoms with Gasteiger partial charge in [0.25, 0.3) is 6.01 Å². The van der Waals surface area contributed by atoms with Crippen LogP contribution in [0, 0.1) is 13.8 Å². The predicted octanol–water partition coefficient (Wildman–Crippen LogP) is 4.08. The van der Waals surface area contributed by atoms with Gasteiger partial charge in [-0.15, -0.1) is 0 Å². The molecule has 0 radical (unpaired) electrons. The minimum Gasteiger partial charge on any atom is -0.507 e. The van der Waals surface area contributed by atoms with Crippen molar-refractivity contribution in [1.82, 2.24) is 15.2 Å². The maximum Gasteiger partial charge on any atom is 0.416 e. The highest BCUT2D eigenvalue weighted by atomic mass is 19.4. The zero-order valence-corrected chi connectivity index (χ0v) is 13.9. The third-order valence-electron chi connectivity index (χ3n) is 3.66. The molecular formula is C17H15F3N4O2. The molecule has 0 saturated carbocycles. The molecule has 0 bridgehead atoms. The number of phenols is 1. The first-order chi connectivity index (χ1) is 12.2. The first-order valence-corrected chi connectivity index (χ1v) is 7.64. The van der Waals surface area contributed by atoms with Gasteiger partial charge < -0.3 is 14.8 Å². The fourth-order valence-electron chi connectivity index (χ4n) is 2.46. The van der Waals surface area contributed by atoms with Gasteiger partial charge in [0.1, 0.15) is 11.5 Å². The largest absolute Gasteiger partial charge is 0.507 e. The summed E-state index contributed by atoms with van der Waals surface area (Å²) in [4.78, 5) is 4.00. The Morgan fingerprint density at radius 1 is 1.15 bits per heavy atom. The zero-order chi connectivity index (χ0) is 18.9. The number of halogens is 3. The van der Waals surface area contributed by atoms with Gasteiger partial charge in [-0.1, -0.05) is 0 Å². The minimum absolute atomic E-state index is 0.216. The summed E-state index contributed by atoms with van der Waals surface area (Å²) < 4.78 is 43.7. The number of aromatic nitrogens is 3. The summed E-state index contributed by atoms with van der Waals surface area (Å²) in [5, 5.41) is 21.0. The third kappa shape index (κ3) is 3.76. The first kappa shape index (κ1) is 17.7. The molecule has 0 spiro atoms. The van der Waals surface area contributed by atoms with Crippen molar-refractivity contribution in [2.24, 2.45) is 0 Å². The second-order valence-corrected chi connectivity index (χ2v) is 5.72. The average molecular weight is 364 g/mol. The summed E-state index contributed by atoms with van der Waals surface area (Å²) in [6, 6.07) is 5.24. The number of anilines is 1. The summed E-state index contributed by atoms with van der Waals surface area (Å²) in [5.74, 6) is 0.176. The number of aromatic hydroxyl groups is 1. The van der Waals surface area contributed by atoms with Crippen molar-refractivity contribution in [2.45, 2.75) is 26.6 Å². The van der Waals surface area contributed by atoms with E-state index in [0.29, 0.717) is 30.1 Å².